The molecule has 0 atom stereocenters. The maximum absolute atomic E-state index is 2.54. The first-order valence-corrected chi connectivity index (χ1v) is 22.1. The lowest BCUT2D eigenvalue weighted by Gasteiger charge is -2.39. The molecule has 8 aromatic carbocycles. The number of hydrogen-bond donors (Lipinski definition) is 0. The highest BCUT2D eigenvalue weighted by atomic mass is 15.1. The molecular weight excluding hydrogens is 747 g/mol. The van der Waals surface area contributed by atoms with Crippen LogP contribution in [-0.4, -0.2) is 0 Å². The van der Waals surface area contributed by atoms with Crippen LogP contribution in [0.15, 0.2) is 200 Å². The van der Waals surface area contributed by atoms with Crippen molar-refractivity contribution in [1.29, 1.82) is 0 Å². The van der Waals surface area contributed by atoms with Crippen LogP contribution in [0.1, 0.15) is 99.9 Å². The first kappa shape index (κ1) is 40.7. The lowest BCUT2D eigenvalue weighted by Crippen LogP contribution is -2.27. The summed E-state index contributed by atoms with van der Waals surface area (Å²) in [6.45, 7) is 18.6. The molecule has 62 heavy (non-hydrogen) atoms. The normalized spacial score (nSPS) is 13.3. The lowest BCUT2D eigenvalue weighted by molar-refractivity contribution is 0.590. The Morgan fingerprint density at radius 1 is 0.387 bits per heavy atom. The number of hydrogen-bond acceptors (Lipinski definition) is 1. The van der Waals surface area contributed by atoms with Gasteiger partial charge in [0.05, 0.1) is 11.4 Å². The highest BCUT2D eigenvalue weighted by molar-refractivity contribution is 6.07. The summed E-state index contributed by atoms with van der Waals surface area (Å²) >= 11 is 0. The number of benzene rings is 8. The number of anilines is 3. The second-order valence-corrected chi connectivity index (χ2v) is 19.4. The van der Waals surface area contributed by atoms with Crippen LogP contribution in [0.25, 0.3) is 33.4 Å². The Bertz CT molecular complexity index is 2760. The summed E-state index contributed by atoms with van der Waals surface area (Å²) in [5, 5.41) is 0. The zero-order valence-corrected chi connectivity index (χ0v) is 37.5. The van der Waals surface area contributed by atoms with E-state index in [4.69, 9.17) is 0 Å². The minimum absolute atomic E-state index is 0.0301. The summed E-state index contributed by atoms with van der Waals surface area (Å²) in [6, 6.07) is 74.3. The van der Waals surface area contributed by atoms with E-state index < -0.39 is 0 Å². The Hall–Kier alpha value is -6.70. The van der Waals surface area contributed by atoms with E-state index in [1.165, 1.54) is 77.9 Å². The fraction of sp³-hybridized carbons (Fsp3) is 0.180. The lowest BCUT2D eigenvalue weighted by atomic mass is 9.65. The van der Waals surface area contributed by atoms with Gasteiger partial charge < -0.3 is 4.90 Å². The summed E-state index contributed by atoms with van der Waals surface area (Å²) in [6.07, 6.45) is 0. The zero-order chi connectivity index (χ0) is 43.2. The molecule has 0 saturated heterocycles. The third-order valence-electron chi connectivity index (χ3n) is 12.8. The maximum Gasteiger partial charge on any atom is 0.0540 e. The zero-order valence-electron chi connectivity index (χ0n) is 37.5. The Labute approximate surface area is 370 Å². The van der Waals surface area contributed by atoms with Gasteiger partial charge in [-0.2, -0.15) is 0 Å². The molecule has 1 aliphatic rings. The summed E-state index contributed by atoms with van der Waals surface area (Å²) in [5.41, 5.74) is 20.6. The Balaban J connectivity index is 1.39. The van der Waals surface area contributed by atoms with Crippen molar-refractivity contribution in [1.82, 2.24) is 0 Å². The van der Waals surface area contributed by atoms with Gasteiger partial charge in [-0.3, -0.25) is 0 Å². The van der Waals surface area contributed by atoms with Crippen LogP contribution < -0.4 is 4.90 Å². The van der Waals surface area contributed by atoms with E-state index in [0.717, 1.165) is 17.1 Å². The van der Waals surface area contributed by atoms with Crippen LogP contribution in [0.2, 0.25) is 0 Å². The smallest absolute Gasteiger partial charge is 0.0540 e. The van der Waals surface area contributed by atoms with Crippen LogP contribution >= 0.6 is 0 Å². The van der Waals surface area contributed by atoms with Crippen molar-refractivity contribution >= 4 is 28.2 Å². The summed E-state index contributed by atoms with van der Waals surface area (Å²) in [4.78, 5) is 2.54. The van der Waals surface area contributed by atoms with Crippen molar-refractivity contribution in [3.05, 3.63) is 245 Å². The predicted molar refractivity (Wildman–Crippen MR) is 266 cm³/mol. The second-order valence-electron chi connectivity index (χ2n) is 19.4. The van der Waals surface area contributed by atoms with Gasteiger partial charge in [0, 0.05) is 22.2 Å². The van der Waals surface area contributed by atoms with Crippen molar-refractivity contribution in [3.63, 3.8) is 0 Å². The van der Waals surface area contributed by atoms with Crippen molar-refractivity contribution in [3.8, 4) is 22.3 Å². The summed E-state index contributed by atoms with van der Waals surface area (Å²) in [7, 11) is 0. The van der Waals surface area contributed by atoms with E-state index in [2.05, 4.69) is 260 Å². The van der Waals surface area contributed by atoms with Crippen molar-refractivity contribution in [2.75, 3.05) is 4.90 Å². The van der Waals surface area contributed by atoms with E-state index >= 15 is 0 Å². The highest BCUT2D eigenvalue weighted by Gasteiger charge is 2.37. The fourth-order valence-electron chi connectivity index (χ4n) is 9.38. The topological polar surface area (TPSA) is 3.24 Å². The van der Waals surface area contributed by atoms with Crippen molar-refractivity contribution in [2.45, 2.75) is 71.6 Å². The van der Waals surface area contributed by atoms with Gasteiger partial charge in [-0.15, -0.1) is 0 Å². The molecule has 0 unspecified atom stereocenters. The molecular formula is C61H57N. The quantitative estimate of drug-likeness (QED) is 0.155. The SMILES string of the molecule is CC(C)(C)c1ccc(N(c2ccc3c(c2)C(C)(C)c2ccccc2C3=C(c2ccccc2)c2ccccc2)c2ccc(C(C)(C)C)cc2-c2ccccc2)c(-c2ccccc2)c1. The van der Waals surface area contributed by atoms with E-state index in [-0.39, 0.29) is 16.2 Å². The van der Waals surface area contributed by atoms with Gasteiger partial charge in [0.1, 0.15) is 0 Å². The molecule has 0 saturated carbocycles. The van der Waals surface area contributed by atoms with E-state index in [1.54, 1.807) is 0 Å². The molecule has 0 amide bonds. The van der Waals surface area contributed by atoms with Crippen LogP contribution in [-0.2, 0) is 16.2 Å². The fourth-order valence-corrected chi connectivity index (χ4v) is 9.38. The monoisotopic (exact) mass is 803 g/mol. The molecule has 8 aromatic rings. The molecule has 1 heteroatoms. The largest absolute Gasteiger partial charge is 0.309 e. The third kappa shape index (κ3) is 7.51. The summed E-state index contributed by atoms with van der Waals surface area (Å²) < 4.78 is 0. The number of nitrogens with zero attached hydrogens (tertiary/aromatic N) is 1. The Morgan fingerprint density at radius 3 is 1.27 bits per heavy atom. The molecule has 306 valence electrons. The number of rotatable bonds is 7. The minimum Gasteiger partial charge on any atom is -0.309 e. The van der Waals surface area contributed by atoms with E-state index in [9.17, 15) is 0 Å². The molecule has 0 fully saturated rings. The van der Waals surface area contributed by atoms with Gasteiger partial charge in [-0.05, 0) is 114 Å². The average molecular weight is 804 g/mol. The Morgan fingerprint density at radius 2 is 0.806 bits per heavy atom. The van der Waals surface area contributed by atoms with E-state index in [0.29, 0.717) is 0 Å². The van der Waals surface area contributed by atoms with E-state index in [1.807, 2.05) is 0 Å². The molecule has 0 radical (unpaired) electrons. The first-order chi connectivity index (χ1) is 29.8. The molecule has 0 N–H and O–H groups in total. The molecule has 1 aliphatic carbocycles. The average Bonchev–Trinajstić information content (AvgIpc) is 3.28. The van der Waals surface area contributed by atoms with Crippen molar-refractivity contribution < 1.29 is 0 Å². The van der Waals surface area contributed by atoms with Gasteiger partial charge in [-0.25, -0.2) is 0 Å². The maximum atomic E-state index is 2.54. The molecule has 0 spiro atoms. The van der Waals surface area contributed by atoms with Gasteiger partial charge in [0.25, 0.3) is 0 Å². The molecule has 0 bridgehead atoms. The molecule has 0 heterocycles. The standard InChI is InChI=1S/C61H57N/c1-59(2,3)46-33-37-55(51(39-46)42-23-13-9-14-24-42)62(56-38-34-47(60(4,5)6)40-52(56)43-25-15-10-16-26-43)48-35-36-50-54(41-48)61(7,8)53-32-22-21-31-49(53)58(50)57(44-27-17-11-18-28-44)45-29-19-12-20-30-45/h9-41H,1-8H3. The predicted octanol–water partition coefficient (Wildman–Crippen LogP) is 16.7. The van der Waals surface area contributed by atoms with Gasteiger partial charge in [0.15, 0.2) is 0 Å². The van der Waals surface area contributed by atoms with Crippen LogP contribution in [0.4, 0.5) is 17.1 Å². The Kier molecular flexibility index (Phi) is 10.5. The second kappa shape index (κ2) is 16.0. The van der Waals surface area contributed by atoms with Gasteiger partial charge in [0.2, 0.25) is 0 Å². The highest BCUT2D eigenvalue weighted by Crippen LogP contribution is 2.53. The molecule has 9 rings (SSSR count). The molecule has 0 aromatic heterocycles. The third-order valence-corrected chi connectivity index (χ3v) is 12.8. The minimum atomic E-state index is -0.299. The molecule has 0 aliphatic heterocycles. The van der Waals surface area contributed by atoms with Gasteiger partial charge >= 0.3 is 0 Å². The first-order valence-electron chi connectivity index (χ1n) is 22.1. The van der Waals surface area contributed by atoms with Crippen LogP contribution in [0.5, 0.6) is 0 Å². The molecule has 1 nitrogen and oxygen atoms in total. The van der Waals surface area contributed by atoms with Gasteiger partial charge in [-0.1, -0.05) is 219 Å². The van der Waals surface area contributed by atoms with Crippen LogP contribution in [0, 0.1) is 0 Å². The van der Waals surface area contributed by atoms with Crippen LogP contribution in [0.3, 0.4) is 0 Å². The number of fused-ring (bicyclic) bond motifs is 2. The summed E-state index contributed by atoms with van der Waals surface area (Å²) in [5.74, 6) is 0. The van der Waals surface area contributed by atoms with Crippen molar-refractivity contribution in [2.24, 2.45) is 0 Å².